The van der Waals surface area contributed by atoms with Crippen LogP contribution in [0, 0.1) is 5.95 Å². The van der Waals surface area contributed by atoms with Gasteiger partial charge in [-0.2, -0.15) is 9.49 Å². The fraction of sp³-hybridized carbons (Fsp3) is 0.0625. The third-order valence-corrected chi connectivity index (χ3v) is 3.49. The number of pyridine rings is 2. The van der Waals surface area contributed by atoms with Gasteiger partial charge in [0.2, 0.25) is 5.95 Å². The zero-order valence-electron chi connectivity index (χ0n) is 12.4. The number of hydrogen-bond acceptors (Lipinski definition) is 6. The molecule has 0 aliphatic rings. The minimum atomic E-state index is -0.642. The standard InChI is InChI=1S/C16H12BrFN6/c17-14-7-11(4-6-20-14)13(8-12-3-1-2-5-19-12)23-24-16-10-21-15(18)9-22-16/h1-7,9-10H,8H2,(H,22,24)/b23-13-. The lowest BCUT2D eigenvalue weighted by atomic mass is 10.1. The Labute approximate surface area is 146 Å². The van der Waals surface area contributed by atoms with Gasteiger partial charge in [0.05, 0.1) is 18.1 Å². The van der Waals surface area contributed by atoms with Crippen molar-refractivity contribution in [1.82, 2.24) is 19.9 Å². The molecule has 0 saturated carbocycles. The largest absolute Gasteiger partial charge is 0.261 e. The van der Waals surface area contributed by atoms with Gasteiger partial charge in [-0.1, -0.05) is 6.07 Å². The van der Waals surface area contributed by atoms with E-state index in [9.17, 15) is 4.39 Å². The van der Waals surface area contributed by atoms with Gasteiger partial charge in [-0.3, -0.25) is 10.4 Å². The van der Waals surface area contributed by atoms with Crippen molar-refractivity contribution in [1.29, 1.82) is 0 Å². The highest BCUT2D eigenvalue weighted by Crippen LogP contribution is 2.12. The summed E-state index contributed by atoms with van der Waals surface area (Å²) in [5.41, 5.74) is 5.28. The van der Waals surface area contributed by atoms with E-state index in [1.807, 2.05) is 30.3 Å². The topological polar surface area (TPSA) is 76.0 Å². The molecule has 3 aromatic rings. The van der Waals surface area contributed by atoms with Crippen molar-refractivity contribution in [2.24, 2.45) is 5.10 Å². The lowest BCUT2D eigenvalue weighted by Crippen LogP contribution is -2.10. The Kier molecular flexibility index (Phi) is 5.17. The molecule has 3 rings (SSSR count). The van der Waals surface area contributed by atoms with Crippen molar-refractivity contribution in [3.8, 4) is 0 Å². The van der Waals surface area contributed by atoms with Crippen LogP contribution in [0.4, 0.5) is 10.2 Å². The number of hydrazone groups is 1. The van der Waals surface area contributed by atoms with Gasteiger partial charge in [0.1, 0.15) is 4.60 Å². The van der Waals surface area contributed by atoms with Crippen LogP contribution in [0.25, 0.3) is 0 Å². The summed E-state index contributed by atoms with van der Waals surface area (Å²) in [6, 6.07) is 9.41. The summed E-state index contributed by atoms with van der Waals surface area (Å²) in [5.74, 6) is -0.292. The van der Waals surface area contributed by atoms with Gasteiger partial charge in [0.25, 0.3) is 0 Å². The molecule has 6 nitrogen and oxygen atoms in total. The summed E-state index contributed by atoms with van der Waals surface area (Å²) in [7, 11) is 0. The molecule has 8 heteroatoms. The number of hydrogen-bond donors (Lipinski definition) is 1. The smallest absolute Gasteiger partial charge is 0.231 e. The molecule has 3 heterocycles. The highest BCUT2D eigenvalue weighted by molar-refractivity contribution is 9.10. The summed E-state index contributed by atoms with van der Waals surface area (Å²) < 4.78 is 13.5. The molecule has 3 aromatic heterocycles. The number of nitrogens with zero attached hydrogens (tertiary/aromatic N) is 5. The monoisotopic (exact) mass is 386 g/mol. The van der Waals surface area contributed by atoms with Crippen molar-refractivity contribution in [2.45, 2.75) is 6.42 Å². The molecule has 0 atom stereocenters. The fourth-order valence-corrected chi connectivity index (χ4v) is 2.32. The van der Waals surface area contributed by atoms with Crippen LogP contribution in [0.1, 0.15) is 11.3 Å². The minimum absolute atomic E-state index is 0.350. The Morgan fingerprint density at radius 2 is 2.00 bits per heavy atom. The normalized spacial score (nSPS) is 11.3. The van der Waals surface area contributed by atoms with E-state index in [0.29, 0.717) is 16.8 Å². The molecular formula is C16H12BrFN6. The van der Waals surface area contributed by atoms with Crippen LogP contribution in [-0.2, 0) is 6.42 Å². The van der Waals surface area contributed by atoms with Gasteiger partial charge in [-0.05, 0) is 40.2 Å². The van der Waals surface area contributed by atoms with Crippen LogP contribution in [0.15, 0.2) is 64.8 Å². The van der Waals surface area contributed by atoms with Crippen LogP contribution in [0.2, 0.25) is 0 Å². The van der Waals surface area contributed by atoms with E-state index in [2.05, 4.69) is 46.4 Å². The van der Waals surface area contributed by atoms with Gasteiger partial charge in [-0.15, -0.1) is 0 Å². The molecule has 0 unspecified atom stereocenters. The molecular weight excluding hydrogens is 375 g/mol. The van der Waals surface area contributed by atoms with Crippen molar-refractivity contribution in [2.75, 3.05) is 5.43 Å². The average molecular weight is 387 g/mol. The Morgan fingerprint density at radius 1 is 1.08 bits per heavy atom. The number of halogens is 2. The third-order valence-electron chi connectivity index (χ3n) is 3.06. The first-order chi connectivity index (χ1) is 11.7. The predicted molar refractivity (Wildman–Crippen MR) is 92.0 cm³/mol. The van der Waals surface area contributed by atoms with Crippen molar-refractivity contribution in [3.63, 3.8) is 0 Å². The first-order valence-corrected chi connectivity index (χ1v) is 7.82. The maximum absolute atomic E-state index is 12.8. The van der Waals surface area contributed by atoms with E-state index in [0.717, 1.165) is 23.2 Å². The third kappa shape index (κ3) is 4.39. The fourth-order valence-electron chi connectivity index (χ4n) is 1.96. The Balaban J connectivity index is 1.88. The van der Waals surface area contributed by atoms with E-state index in [4.69, 9.17) is 0 Å². The Hall–Kier alpha value is -2.74. The average Bonchev–Trinajstić information content (AvgIpc) is 2.61. The number of anilines is 1. The number of rotatable bonds is 5. The van der Waals surface area contributed by atoms with Crippen LogP contribution in [-0.4, -0.2) is 25.6 Å². The highest BCUT2D eigenvalue weighted by Gasteiger charge is 2.08. The lowest BCUT2D eigenvalue weighted by Gasteiger charge is -2.08. The molecule has 0 saturated heterocycles. The second-order valence-corrected chi connectivity index (χ2v) is 5.57. The molecule has 0 bridgehead atoms. The molecule has 120 valence electrons. The van der Waals surface area contributed by atoms with Gasteiger partial charge in [-0.25, -0.2) is 15.0 Å². The maximum Gasteiger partial charge on any atom is 0.231 e. The van der Waals surface area contributed by atoms with Crippen LogP contribution < -0.4 is 5.43 Å². The first kappa shape index (κ1) is 16.1. The zero-order chi connectivity index (χ0) is 16.8. The summed E-state index contributed by atoms with van der Waals surface area (Å²) in [5, 5.41) is 4.38. The van der Waals surface area contributed by atoms with Gasteiger partial charge >= 0.3 is 0 Å². The molecule has 0 spiro atoms. The van der Waals surface area contributed by atoms with E-state index in [-0.39, 0.29) is 0 Å². The molecule has 0 amide bonds. The van der Waals surface area contributed by atoms with Crippen molar-refractivity contribution < 1.29 is 4.39 Å². The lowest BCUT2D eigenvalue weighted by molar-refractivity contribution is 0.577. The molecule has 0 radical (unpaired) electrons. The summed E-state index contributed by atoms with van der Waals surface area (Å²) >= 11 is 3.35. The van der Waals surface area contributed by atoms with E-state index >= 15 is 0 Å². The van der Waals surface area contributed by atoms with Gasteiger partial charge < -0.3 is 0 Å². The SMILES string of the molecule is Fc1cnc(N/N=C(/Cc2ccccn2)c2ccnc(Br)c2)cn1. The Bertz CT molecular complexity index is 839. The summed E-state index contributed by atoms with van der Waals surface area (Å²) in [4.78, 5) is 15.9. The summed E-state index contributed by atoms with van der Waals surface area (Å²) in [6.07, 6.45) is 6.23. The van der Waals surface area contributed by atoms with E-state index < -0.39 is 5.95 Å². The Morgan fingerprint density at radius 3 is 2.71 bits per heavy atom. The molecule has 1 N–H and O–H groups in total. The predicted octanol–water partition coefficient (Wildman–Crippen LogP) is 3.23. The van der Waals surface area contributed by atoms with Gasteiger partial charge in [0.15, 0.2) is 5.82 Å². The maximum atomic E-state index is 12.8. The molecule has 0 aliphatic heterocycles. The van der Waals surface area contributed by atoms with Crippen LogP contribution in [0.5, 0.6) is 0 Å². The second-order valence-electron chi connectivity index (χ2n) is 4.76. The van der Waals surface area contributed by atoms with Crippen LogP contribution >= 0.6 is 15.9 Å². The van der Waals surface area contributed by atoms with E-state index in [1.165, 1.54) is 6.20 Å². The quantitative estimate of drug-likeness (QED) is 0.413. The zero-order valence-corrected chi connectivity index (χ0v) is 14.0. The molecule has 0 fully saturated rings. The van der Waals surface area contributed by atoms with Crippen LogP contribution in [0.3, 0.4) is 0 Å². The summed E-state index contributed by atoms with van der Waals surface area (Å²) in [6.45, 7) is 0. The minimum Gasteiger partial charge on any atom is -0.261 e. The number of nitrogens with one attached hydrogen (secondary N) is 1. The highest BCUT2D eigenvalue weighted by atomic mass is 79.9. The van der Waals surface area contributed by atoms with Crippen molar-refractivity contribution in [3.05, 3.63) is 76.9 Å². The van der Waals surface area contributed by atoms with Crippen molar-refractivity contribution >= 4 is 27.5 Å². The van der Waals surface area contributed by atoms with E-state index in [1.54, 1.807) is 12.4 Å². The van der Waals surface area contributed by atoms with Gasteiger partial charge in [0, 0.05) is 30.1 Å². The molecule has 0 aliphatic carbocycles. The molecule has 0 aromatic carbocycles. The number of aromatic nitrogens is 4. The first-order valence-electron chi connectivity index (χ1n) is 7.02. The second kappa shape index (κ2) is 7.69. The molecule has 24 heavy (non-hydrogen) atoms.